The largest absolute Gasteiger partial charge is 0.496 e. The van der Waals surface area contributed by atoms with Crippen LogP contribution in [0.3, 0.4) is 0 Å². The zero-order chi connectivity index (χ0) is 25.0. The molecule has 1 atom stereocenters. The van der Waals surface area contributed by atoms with E-state index in [1.54, 1.807) is 18.2 Å². The molecule has 2 aromatic carbocycles. The summed E-state index contributed by atoms with van der Waals surface area (Å²) in [4.78, 5) is 29.0. The highest BCUT2D eigenvalue weighted by molar-refractivity contribution is 6.00. The van der Waals surface area contributed by atoms with Gasteiger partial charge in [0.2, 0.25) is 0 Å². The van der Waals surface area contributed by atoms with E-state index in [2.05, 4.69) is 15.6 Å². The summed E-state index contributed by atoms with van der Waals surface area (Å²) >= 11 is 0. The Kier molecular flexibility index (Phi) is 7.42. The second-order valence-electron chi connectivity index (χ2n) is 7.79. The molecule has 178 valence electrons. The molecule has 5 N–H and O–H groups in total. The number of anilines is 2. The number of aliphatic hydroxyl groups is 1. The van der Waals surface area contributed by atoms with Crippen molar-refractivity contribution >= 4 is 23.3 Å². The van der Waals surface area contributed by atoms with Gasteiger partial charge in [-0.05, 0) is 49.7 Å². The standard InChI is InChI=1S/C24H24F2N4O4/c1-12(2)29-23(32)19-8-14(11-28-22(19)27)18-5-4-17(10-20(18)34-3)30-24(33)21(31)13-6-15(25)9-16(26)7-13/h4-12,21,31H,1-3H3,(H2,27,28)(H,29,32)(H,30,33)/t21-/m0/s1. The highest BCUT2D eigenvalue weighted by Gasteiger charge is 2.20. The highest BCUT2D eigenvalue weighted by Crippen LogP contribution is 2.33. The van der Waals surface area contributed by atoms with Gasteiger partial charge in [-0.25, -0.2) is 13.8 Å². The van der Waals surface area contributed by atoms with E-state index in [4.69, 9.17) is 10.5 Å². The number of rotatable bonds is 7. The van der Waals surface area contributed by atoms with Crippen molar-refractivity contribution in [1.29, 1.82) is 0 Å². The molecule has 0 spiro atoms. The van der Waals surface area contributed by atoms with Crippen molar-refractivity contribution in [1.82, 2.24) is 10.3 Å². The summed E-state index contributed by atoms with van der Waals surface area (Å²) < 4.78 is 32.2. The Morgan fingerprint density at radius 3 is 2.38 bits per heavy atom. The van der Waals surface area contributed by atoms with Crippen LogP contribution in [0.4, 0.5) is 20.3 Å². The number of pyridine rings is 1. The normalized spacial score (nSPS) is 11.7. The number of benzene rings is 2. The number of aromatic nitrogens is 1. The van der Waals surface area contributed by atoms with Crippen molar-refractivity contribution in [2.24, 2.45) is 0 Å². The van der Waals surface area contributed by atoms with E-state index in [0.29, 0.717) is 22.9 Å². The summed E-state index contributed by atoms with van der Waals surface area (Å²) in [5, 5.41) is 15.4. The number of nitrogens with zero attached hydrogens (tertiary/aromatic N) is 1. The zero-order valence-corrected chi connectivity index (χ0v) is 18.7. The van der Waals surface area contributed by atoms with Gasteiger partial charge in [0.15, 0.2) is 6.10 Å². The number of nitrogens with two attached hydrogens (primary N) is 1. The summed E-state index contributed by atoms with van der Waals surface area (Å²) in [6, 6.07) is 8.54. The van der Waals surface area contributed by atoms with Crippen LogP contribution in [-0.4, -0.2) is 35.1 Å². The molecule has 3 aromatic rings. The molecule has 0 bridgehead atoms. The van der Waals surface area contributed by atoms with Gasteiger partial charge in [-0.1, -0.05) is 0 Å². The molecule has 0 saturated heterocycles. The fourth-order valence-electron chi connectivity index (χ4n) is 3.25. The third kappa shape index (κ3) is 5.65. The molecule has 34 heavy (non-hydrogen) atoms. The van der Waals surface area contributed by atoms with Crippen molar-refractivity contribution in [3.8, 4) is 16.9 Å². The van der Waals surface area contributed by atoms with Crippen LogP contribution in [-0.2, 0) is 4.79 Å². The van der Waals surface area contributed by atoms with Crippen LogP contribution >= 0.6 is 0 Å². The fraction of sp³-hybridized carbons (Fsp3) is 0.208. The third-order valence-electron chi connectivity index (χ3n) is 4.81. The number of methoxy groups -OCH3 is 1. The van der Waals surface area contributed by atoms with Crippen LogP contribution in [0.25, 0.3) is 11.1 Å². The number of nitrogens with one attached hydrogen (secondary N) is 2. The number of hydrogen-bond donors (Lipinski definition) is 4. The van der Waals surface area contributed by atoms with Gasteiger partial charge in [-0.2, -0.15) is 0 Å². The molecule has 2 amide bonds. The summed E-state index contributed by atoms with van der Waals surface area (Å²) in [6.07, 6.45) is -0.306. The molecule has 3 rings (SSSR count). The first-order valence-corrected chi connectivity index (χ1v) is 10.3. The van der Waals surface area contributed by atoms with Gasteiger partial charge >= 0.3 is 0 Å². The summed E-state index contributed by atoms with van der Waals surface area (Å²) in [5.41, 5.74) is 7.23. The SMILES string of the molecule is COc1cc(NC(=O)[C@@H](O)c2cc(F)cc(F)c2)ccc1-c1cnc(N)c(C(=O)NC(C)C)c1. The Balaban J connectivity index is 1.86. The van der Waals surface area contributed by atoms with Gasteiger partial charge in [-0.3, -0.25) is 9.59 Å². The Hall–Kier alpha value is -4.05. The lowest BCUT2D eigenvalue weighted by molar-refractivity contribution is -0.124. The minimum atomic E-state index is -1.79. The van der Waals surface area contributed by atoms with E-state index in [9.17, 15) is 23.5 Å². The lowest BCUT2D eigenvalue weighted by Gasteiger charge is -2.15. The number of ether oxygens (including phenoxy) is 1. The number of carbonyl (C=O) groups excluding carboxylic acids is 2. The molecule has 1 aromatic heterocycles. The van der Waals surface area contributed by atoms with Gasteiger partial charge < -0.3 is 26.2 Å². The van der Waals surface area contributed by atoms with Crippen LogP contribution in [0.5, 0.6) is 5.75 Å². The minimum absolute atomic E-state index is 0.0764. The second-order valence-corrected chi connectivity index (χ2v) is 7.79. The summed E-state index contributed by atoms with van der Waals surface area (Å²) in [7, 11) is 1.42. The van der Waals surface area contributed by atoms with Gasteiger partial charge in [0.25, 0.3) is 11.8 Å². The molecule has 0 aliphatic rings. The molecule has 10 heteroatoms. The van der Waals surface area contributed by atoms with E-state index >= 15 is 0 Å². The Morgan fingerprint density at radius 2 is 1.76 bits per heavy atom. The molecule has 0 unspecified atom stereocenters. The third-order valence-corrected chi connectivity index (χ3v) is 4.81. The lowest BCUT2D eigenvalue weighted by Crippen LogP contribution is -2.30. The first-order chi connectivity index (χ1) is 16.1. The number of carbonyl (C=O) groups is 2. The maximum absolute atomic E-state index is 13.4. The highest BCUT2D eigenvalue weighted by atomic mass is 19.1. The van der Waals surface area contributed by atoms with Crippen LogP contribution in [0, 0.1) is 11.6 Å². The molecule has 0 saturated carbocycles. The van der Waals surface area contributed by atoms with E-state index in [0.717, 1.165) is 12.1 Å². The van der Waals surface area contributed by atoms with Gasteiger partial charge in [0, 0.05) is 41.2 Å². The second kappa shape index (κ2) is 10.3. The maximum atomic E-state index is 13.4. The maximum Gasteiger partial charge on any atom is 0.257 e. The minimum Gasteiger partial charge on any atom is -0.496 e. The zero-order valence-electron chi connectivity index (χ0n) is 18.7. The van der Waals surface area contributed by atoms with Crippen molar-refractivity contribution < 1.29 is 28.2 Å². The van der Waals surface area contributed by atoms with E-state index in [-0.39, 0.29) is 34.6 Å². The monoisotopic (exact) mass is 470 g/mol. The summed E-state index contributed by atoms with van der Waals surface area (Å²) in [6.45, 7) is 3.65. The molecular weight excluding hydrogens is 446 g/mol. The number of hydrogen-bond acceptors (Lipinski definition) is 6. The Bertz CT molecular complexity index is 1210. The molecule has 0 aliphatic heterocycles. The van der Waals surface area contributed by atoms with Crippen LogP contribution in [0.1, 0.15) is 35.9 Å². The topological polar surface area (TPSA) is 127 Å². The van der Waals surface area contributed by atoms with Crippen LogP contribution in [0.2, 0.25) is 0 Å². The molecular formula is C24H24F2N4O4. The van der Waals surface area contributed by atoms with Crippen LogP contribution < -0.4 is 21.1 Å². The van der Waals surface area contributed by atoms with Gasteiger partial charge in [0.1, 0.15) is 23.2 Å². The first kappa shape index (κ1) is 24.6. The Labute approximate surface area is 194 Å². The molecule has 0 radical (unpaired) electrons. The number of aliphatic hydroxyl groups excluding tert-OH is 1. The van der Waals surface area contributed by atoms with Crippen molar-refractivity contribution in [3.05, 3.63) is 71.4 Å². The smallest absolute Gasteiger partial charge is 0.257 e. The average Bonchev–Trinajstić information content (AvgIpc) is 2.77. The molecule has 8 nitrogen and oxygen atoms in total. The molecule has 0 aliphatic carbocycles. The van der Waals surface area contributed by atoms with Crippen LogP contribution in [0.15, 0.2) is 48.7 Å². The van der Waals surface area contributed by atoms with E-state index < -0.39 is 23.6 Å². The van der Waals surface area contributed by atoms with Gasteiger partial charge in [-0.15, -0.1) is 0 Å². The summed E-state index contributed by atoms with van der Waals surface area (Å²) in [5.74, 6) is -2.66. The molecule has 1 heterocycles. The van der Waals surface area contributed by atoms with Gasteiger partial charge in [0.05, 0.1) is 12.7 Å². The quantitative estimate of drug-likeness (QED) is 0.419. The molecule has 0 fully saturated rings. The average molecular weight is 470 g/mol. The van der Waals surface area contributed by atoms with E-state index in [1.807, 2.05) is 13.8 Å². The number of amides is 2. The van der Waals surface area contributed by atoms with E-state index in [1.165, 1.54) is 19.4 Å². The number of nitrogen functional groups attached to an aromatic ring is 1. The first-order valence-electron chi connectivity index (χ1n) is 10.3. The number of halogens is 2. The Morgan fingerprint density at radius 1 is 1.09 bits per heavy atom. The lowest BCUT2D eigenvalue weighted by atomic mass is 10.0. The van der Waals surface area contributed by atoms with Crippen molar-refractivity contribution in [2.45, 2.75) is 26.0 Å². The predicted molar refractivity (Wildman–Crippen MR) is 123 cm³/mol. The predicted octanol–water partition coefficient (Wildman–Crippen LogP) is 3.43. The van der Waals surface area contributed by atoms with Crippen molar-refractivity contribution in [2.75, 3.05) is 18.2 Å². The van der Waals surface area contributed by atoms with Crippen molar-refractivity contribution in [3.63, 3.8) is 0 Å². The fourth-order valence-corrected chi connectivity index (χ4v) is 3.25.